The molecule has 1 amide bonds. The van der Waals surface area contributed by atoms with E-state index in [9.17, 15) is 20.0 Å². The Balaban J connectivity index is 2.04. The van der Waals surface area contributed by atoms with Crippen LogP contribution < -0.4 is 5.43 Å². The summed E-state index contributed by atoms with van der Waals surface area (Å²) < 4.78 is 0.822. The molecule has 2 aromatic carbocycles. The van der Waals surface area contributed by atoms with Gasteiger partial charge in [0.25, 0.3) is 11.6 Å². The van der Waals surface area contributed by atoms with E-state index in [1.54, 1.807) is 30.3 Å². The summed E-state index contributed by atoms with van der Waals surface area (Å²) in [7, 11) is 0. The van der Waals surface area contributed by atoms with Crippen molar-refractivity contribution in [1.29, 1.82) is 0 Å². The summed E-state index contributed by atoms with van der Waals surface area (Å²) in [6.07, 6.45) is -0.226. The Labute approximate surface area is 139 Å². The lowest BCUT2D eigenvalue weighted by atomic mass is 10.1. The van der Waals surface area contributed by atoms with E-state index >= 15 is 0 Å². The third kappa shape index (κ3) is 4.44. The van der Waals surface area contributed by atoms with Crippen molar-refractivity contribution < 1.29 is 14.8 Å². The van der Waals surface area contributed by atoms with Gasteiger partial charge in [-0.2, -0.15) is 5.10 Å². The number of aliphatic hydroxyl groups is 1. The van der Waals surface area contributed by atoms with E-state index in [4.69, 9.17) is 0 Å². The molecule has 0 heterocycles. The first-order valence-electron chi connectivity index (χ1n) is 6.49. The topological polar surface area (TPSA) is 105 Å². The van der Waals surface area contributed by atoms with Gasteiger partial charge in [0.05, 0.1) is 16.7 Å². The zero-order chi connectivity index (χ0) is 16.8. The van der Waals surface area contributed by atoms with Gasteiger partial charge in [0.1, 0.15) is 0 Å². The molecule has 2 aromatic rings. The number of rotatable bonds is 5. The van der Waals surface area contributed by atoms with Crippen LogP contribution in [0.4, 0.5) is 5.69 Å². The van der Waals surface area contributed by atoms with Gasteiger partial charge in [-0.3, -0.25) is 14.9 Å². The maximum Gasteiger partial charge on any atom is 0.278 e. The molecule has 0 aliphatic carbocycles. The van der Waals surface area contributed by atoms with Crippen LogP contribution in [0, 0.1) is 10.1 Å². The molecule has 0 aromatic heterocycles. The standard InChI is InChI=1S/C15H12BrN3O4/c16-12-7-5-10(6-8-12)14(20)15(21)18-17-9-11-3-1-2-4-13(11)19(22)23/h1-9,14,20H,(H,18,21)/b17-9-/t14-/m1/s1. The summed E-state index contributed by atoms with van der Waals surface area (Å²) in [6, 6.07) is 12.6. The minimum atomic E-state index is -1.38. The number of nitrogens with zero attached hydrogens (tertiary/aromatic N) is 2. The molecule has 118 valence electrons. The monoisotopic (exact) mass is 377 g/mol. The van der Waals surface area contributed by atoms with Crippen LogP contribution in [0.1, 0.15) is 17.2 Å². The molecule has 0 saturated heterocycles. The largest absolute Gasteiger partial charge is 0.378 e. The maximum absolute atomic E-state index is 11.8. The number of benzene rings is 2. The van der Waals surface area contributed by atoms with E-state index in [0.717, 1.165) is 10.7 Å². The normalized spacial score (nSPS) is 12.1. The molecular formula is C15H12BrN3O4. The van der Waals surface area contributed by atoms with Crippen LogP contribution in [0.15, 0.2) is 58.1 Å². The predicted molar refractivity (Wildman–Crippen MR) is 87.9 cm³/mol. The fraction of sp³-hybridized carbons (Fsp3) is 0.0667. The Kier molecular flexibility index (Phi) is 5.56. The zero-order valence-electron chi connectivity index (χ0n) is 11.7. The van der Waals surface area contributed by atoms with Gasteiger partial charge in [-0.05, 0) is 23.8 Å². The highest BCUT2D eigenvalue weighted by molar-refractivity contribution is 9.10. The number of hydrogen-bond donors (Lipinski definition) is 2. The number of aliphatic hydroxyl groups excluding tert-OH is 1. The molecule has 0 aliphatic heterocycles. The lowest BCUT2D eigenvalue weighted by Crippen LogP contribution is -2.25. The molecule has 23 heavy (non-hydrogen) atoms. The Bertz CT molecular complexity index is 747. The quantitative estimate of drug-likeness (QED) is 0.474. The third-order valence-electron chi connectivity index (χ3n) is 2.95. The number of nitro benzene ring substituents is 1. The molecular weight excluding hydrogens is 366 g/mol. The van der Waals surface area contributed by atoms with E-state index in [1.165, 1.54) is 18.2 Å². The third-order valence-corrected chi connectivity index (χ3v) is 3.47. The lowest BCUT2D eigenvalue weighted by Gasteiger charge is -2.08. The van der Waals surface area contributed by atoms with E-state index in [0.29, 0.717) is 5.56 Å². The average molecular weight is 378 g/mol. The van der Waals surface area contributed by atoms with E-state index in [-0.39, 0.29) is 11.3 Å². The van der Waals surface area contributed by atoms with Crippen LogP contribution in [0.3, 0.4) is 0 Å². The van der Waals surface area contributed by atoms with Gasteiger partial charge in [0.2, 0.25) is 0 Å². The highest BCUT2D eigenvalue weighted by Crippen LogP contribution is 2.17. The van der Waals surface area contributed by atoms with Crippen molar-refractivity contribution in [2.45, 2.75) is 6.10 Å². The predicted octanol–water partition coefficient (Wildman–Crippen LogP) is 2.54. The molecule has 0 radical (unpaired) electrons. The van der Waals surface area contributed by atoms with Gasteiger partial charge >= 0.3 is 0 Å². The minimum Gasteiger partial charge on any atom is -0.378 e. The number of para-hydroxylation sites is 1. The van der Waals surface area contributed by atoms with Crippen LogP contribution in [0.25, 0.3) is 0 Å². The minimum absolute atomic E-state index is 0.126. The van der Waals surface area contributed by atoms with E-state index < -0.39 is 16.9 Å². The maximum atomic E-state index is 11.8. The zero-order valence-corrected chi connectivity index (χ0v) is 13.3. The van der Waals surface area contributed by atoms with Crippen LogP contribution in [0.5, 0.6) is 0 Å². The number of hydrogen-bond acceptors (Lipinski definition) is 5. The second-order valence-corrected chi connectivity index (χ2v) is 5.42. The summed E-state index contributed by atoms with van der Waals surface area (Å²) in [5.74, 6) is -0.734. The van der Waals surface area contributed by atoms with E-state index in [2.05, 4.69) is 26.5 Å². The number of hydrazone groups is 1. The molecule has 0 fully saturated rings. The highest BCUT2D eigenvalue weighted by atomic mass is 79.9. The highest BCUT2D eigenvalue weighted by Gasteiger charge is 2.16. The first-order valence-corrected chi connectivity index (χ1v) is 7.28. The van der Waals surface area contributed by atoms with Crippen LogP contribution >= 0.6 is 15.9 Å². The molecule has 2 N–H and O–H groups in total. The van der Waals surface area contributed by atoms with Crippen molar-refractivity contribution in [3.63, 3.8) is 0 Å². The number of halogens is 1. The van der Waals surface area contributed by atoms with Crippen LogP contribution in [-0.2, 0) is 4.79 Å². The second-order valence-electron chi connectivity index (χ2n) is 4.50. The average Bonchev–Trinajstić information content (AvgIpc) is 2.55. The second kappa shape index (κ2) is 7.61. The van der Waals surface area contributed by atoms with Crippen molar-refractivity contribution in [2.24, 2.45) is 5.10 Å². The fourth-order valence-corrected chi connectivity index (χ4v) is 2.05. The first kappa shape index (κ1) is 16.8. The number of nitro groups is 1. The Morgan fingerprint density at radius 2 is 1.91 bits per heavy atom. The number of nitrogens with one attached hydrogen (secondary N) is 1. The Morgan fingerprint density at radius 3 is 2.57 bits per heavy atom. The first-order chi connectivity index (χ1) is 11.0. The smallest absolute Gasteiger partial charge is 0.278 e. The Morgan fingerprint density at radius 1 is 1.26 bits per heavy atom. The number of carbonyl (C=O) groups is 1. The summed E-state index contributed by atoms with van der Waals surface area (Å²) in [5.41, 5.74) is 2.69. The number of amides is 1. The molecule has 0 spiro atoms. The van der Waals surface area contributed by atoms with Crippen molar-refractivity contribution >= 4 is 33.7 Å². The molecule has 7 nitrogen and oxygen atoms in total. The molecule has 0 bridgehead atoms. The van der Waals surface area contributed by atoms with Crippen LogP contribution in [0.2, 0.25) is 0 Å². The summed E-state index contributed by atoms with van der Waals surface area (Å²) in [5, 5.41) is 24.4. The van der Waals surface area contributed by atoms with Crippen molar-refractivity contribution in [3.05, 3.63) is 74.2 Å². The molecule has 0 aliphatic rings. The molecule has 0 saturated carbocycles. The summed E-state index contributed by atoms with van der Waals surface area (Å²) in [6.45, 7) is 0. The Hall–Kier alpha value is -2.58. The fourth-order valence-electron chi connectivity index (χ4n) is 1.79. The summed E-state index contributed by atoms with van der Waals surface area (Å²) >= 11 is 3.26. The van der Waals surface area contributed by atoms with Crippen molar-refractivity contribution in [2.75, 3.05) is 0 Å². The van der Waals surface area contributed by atoms with Gasteiger partial charge in [-0.15, -0.1) is 0 Å². The van der Waals surface area contributed by atoms with Gasteiger partial charge in [-0.25, -0.2) is 5.43 Å². The molecule has 0 unspecified atom stereocenters. The molecule has 1 atom stereocenters. The molecule has 2 rings (SSSR count). The van der Waals surface area contributed by atoms with E-state index in [1.807, 2.05) is 0 Å². The van der Waals surface area contributed by atoms with Gasteiger partial charge in [0.15, 0.2) is 6.10 Å². The molecule has 8 heteroatoms. The van der Waals surface area contributed by atoms with Crippen molar-refractivity contribution in [1.82, 2.24) is 5.43 Å². The number of carbonyl (C=O) groups excluding carboxylic acids is 1. The SMILES string of the molecule is O=C(N/N=C\c1ccccc1[N+](=O)[O-])[C@H](O)c1ccc(Br)cc1. The van der Waals surface area contributed by atoms with Gasteiger partial charge in [-0.1, -0.05) is 40.2 Å². The van der Waals surface area contributed by atoms with Gasteiger partial charge < -0.3 is 5.11 Å². The van der Waals surface area contributed by atoms with Gasteiger partial charge in [0, 0.05) is 10.5 Å². The van der Waals surface area contributed by atoms with Crippen LogP contribution in [-0.4, -0.2) is 22.2 Å². The van der Waals surface area contributed by atoms with Crippen molar-refractivity contribution in [3.8, 4) is 0 Å². The summed E-state index contributed by atoms with van der Waals surface area (Å²) in [4.78, 5) is 22.1. The lowest BCUT2D eigenvalue weighted by molar-refractivity contribution is -0.385.